The van der Waals surface area contributed by atoms with Crippen LogP contribution in [-0.2, 0) is 4.79 Å². The third-order valence-electron chi connectivity index (χ3n) is 4.12. The topological polar surface area (TPSA) is 59.3 Å². The van der Waals surface area contributed by atoms with Crippen molar-refractivity contribution in [3.63, 3.8) is 0 Å². The van der Waals surface area contributed by atoms with E-state index in [1.807, 2.05) is 42.5 Å². The number of benzene rings is 3. The summed E-state index contributed by atoms with van der Waals surface area (Å²) in [6, 6.07) is 20.5. The monoisotopic (exact) mass is 329 g/mol. The Labute approximate surface area is 144 Å². The summed E-state index contributed by atoms with van der Waals surface area (Å²) < 4.78 is 5.86. The van der Waals surface area contributed by atoms with Gasteiger partial charge in [0.2, 0.25) is 11.7 Å². The van der Waals surface area contributed by atoms with E-state index in [0.717, 1.165) is 16.2 Å². The van der Waals surface area contributed by atoms with Crippen molar-refractivity contribution >= 4 is 39.1 Å². The zero-order valence-corrected chi connectivity index (χ0v) is 13.6. The SMILES string of the molecule is CC(=O)Nc1c(C(=O)c2ccccc2)oc2ccc3ccccc3c12. The molecule has 122 valence electrons. The number of nitrogens with one attached hydrogen (secondary N) is 1. The third kappa shape index (κ3) is 2.58. The van der Waals surface area contributed by atoms with E-state index >= 15 is 0 Å². The summed E-state index contributed by atoms with van der Waals surface area (Å²) in [6.45, 7) is 1.42. The van der Waals surface area contributed by atoms with E-state index in [1.54, 1.807) is 24.3 Å². The summed E-state index contributed by atoms with van der Waals surface area (Å²) in [7, 11) is 0. The average Bonchev–Trinajstić information content (AvgIpc) is 3.00. The largest absolute Gasteiger partial charge is 0.450 e. The van der Waals surface area contributed by atoms with E-state index in [-0.39, 0.29) is 17.5 Å². The number of rotatable bonds is 3. The smallest absolute Gasteiger partial charge is 0.230 e. The second-order valence-electron chi connectivity index (χ2n) is 5.84. The lowest BCUT2D eigenvalue weighted by Gasteiger charge is -2.05. The second kappa shape index (κ2) is 5.91. The molecule has 1 aromatic heterocycles. The standard InChI is InChI=1S/C21H15NO3/c1-13(23)22-19-18-16-10-6-5-7-14(16)11-12-17(18)25-21(19)20(24)15-8-3-2-4-9-15/h2-12H,1H3,(H,22,23). The van der Waals surface area contributed by atoms with Crippen LogP contribution >= 0.6 is 0 Å². The van der Waals surface area contributed by atoms with Gasteiger partial charge in [-0.1, -0.05) is 60.7 Å². The lowest BCUT2D eigenvalue weighted by atomic mass is 10.0. The molecule has 1 amide bonds. The molecule has 0 fully saturated rings. The van der Waals surface area contributed by atoms with Gasteiger partial charge in [0.15, 0.2) is 5.76 Å². The van der Waals surface area contributed by atoms with Gasteiger partial charge in [0, 0.05) is 12.5 Å². The number of furan rings is 1. The molecule has 4 nitrogen and oxygen atoms in total. The quantitative estimate of drug-likeness (QED) is 0.551. The number of hydrogen-bond donors (Lipinski definition) is 1. The van der Waals surface area contributed by atoms with Crippen molar-refractivity contribution in [2.45, 2.75) is 6.92 Å². The van der Waals surface area contributed by atoms with Crippen LogP contribution in [0.25, 0.3) is 21.7 Å². The first-order chi connectivity index (χ1) is 12.1. The summed E-state index contributed by atoms with van der Waals surface area (Å²) >= 11 is 0. The van der Waals surface area contributed by atoms with Gasteiger partial charge < -0.3 is 9.73 Å². The minimum Gasteiger partial charge on any atom is -0.450 e. The van der Waals surface area contributed by atoms with E-state index in [4.69, 9.17) is 4.42 Å². The summed E-state index contributed by atoms with van der Waals surface area (Å²) in [4.78, 5) is 24.6. The Balaban J connectivity index is 2.02. The van der Waals surface area contributed by atoms with Crippen LogP contribution in [0.5, 0.6) is 0 Å². The predicted octanol–water partition coefficient (Wildman–Crippen LogP) is 4.78. The minimum atomic E-state index is -0.260. The Bertz CT molecular complexity index is 1110. The second-order valence-corrected chi connectivity index (χ2v) is 5.84. The Kier molecular flexibility index (Phi) is 3.58. The molecule has 0 saturated heterocycles. The predicted molar refractivity (Wildman–Crippen MR) is 97.9 cm³/mol. The maximum absolute atomic E-state index is 12.9. The summed E-state index contributed by atoms with van der Waals surface area (Å²) in [5, 5.41) is 5.47. The van der Waals surface area contributed by atoms with Crippen LogP contribution in [0.15, 0.2) is 71.1 Å². The Hall–Kier alpha value is -3.40. The highest BCUT2D eigenvalue weighted by molar-refractivity contribution is 6.22. The molecule has 1 N–H and O–H groups in total. The molecule has 0 aliphatic carbocycles. The molecular formula is C21H15NO3. The van der Waals surface area contributed by atoms with Gasteiger partial charge in [0.1, 0.15) is 5.58 Å². The number of carbonyl (C=O) groups excluding carboxylic acids is 2. The van der Waals surface area contributed by atoms with Gasteiger partial charge in [-0.15, -0.1) is 0 Å². The lowest BCUT2D eigenvalue weighted by molar-refractivity contribution is -0.114. The molecule has 0 atom stereocenters. The first kappa shape index (κ1) is 15.1. The molecule has 3 aromatic carbocycles. The van der Waals surface area contributed by atoms with Crippen molar-refractivity contribution < 1.29 is 14.0 Å². The van der Waals surface area contributed by atoms with Gasteiger partial charge in [0.05, 0.1) is 11.1 Å². The lowest BCUT2D eigenvalue weighted by Crippen LogP contribution is -2.10. The first-order valence-corrected chi connectivity index (χ1v) is 7.97. The van der Waals surface area contributed by atoms with Gasteiger partial charge in [-0.3, -0.25) is 9.59 Å². The highest BCUT2D eigenvalue weighted by Gasteiger charge is 2.23. The fourth-order valence-corrected chi connectivity index (χ4v) is 3.04. The molecule has 0 bridgehead atoms. The number of anilines is 1. The summed E-state index contributed by atoms with van der Waals surface area (Å²) in [5.74, 6) is -0.366. The number of fused-ring (bicyclic) bond motifs is 3. The van der Waals surface area contributed by atoms with Gasteiger partial charge >= 0.3 is 0 Å². The van der Waals surface area contributed by atoms with Crippen LogP contribution in [0.2, 0.25) is 0 Å². The molecule has 0 radical (unpaired) electrons. The fraction of sp³-hybridized carbons (Fsp3) is 0.0476. The molecule has 4 rings (SSSR count). The Morgan fingerprint density at radius 2 is 1.60 bits per heavy atom. The Morgan fingerprint density at radius 3 is 2.36 bits per heavy atom. The number of amides is 1. The highest BCUT2D eigenvalue weighted by atomic mass is 16.3. The molecule has 25 heavy (non-hydrogen) atoms. The van der Waals surface area contributed by atoms with Crippen LogP contribution in [-0.4, -0.2) is 11.7 Å². The minimum absolute atomic E-state index is 0.146. The first-order valence-electron chi connectivity index (χ1n) is 7.97. The average molecular weight is 329 g/mol. The molecule has 4 aromatic rings. The molecule has 0 aliphatic rings. The molecule has 4 heteroatoms. The van der Waals surface area contributed by atoms with E-state index < -0.39 is 0 Å². The van der Waals surface area contributed by atoms with Crippen LogP contribution in [0.3, 0.4) is 0 Å². The van der Waals surface area contributed by atoms with Crippen molar-refractivity contribution in [1.29, 1.82) is 0 Å². The van der Waals surface area contributed by atoms with Gasteiger partial charge in [0.25, 0.3) is 0 Å². The van der Waals surface area contributed by atoms with Crippen LogP contribution in [0, 0.1) is 0 Å². The van der Waals surface area contributed by atoms with Gasteiger partial charge in [-0.25, -0.2) is 0 Å². The molecule has 0 saturated carbocycles. The van der Waals surface area contributed by atoms with Crippen molar-refractivity contribution in [3.05, 3.63) is 78.1 Å². The van der Waals surface area contributed by atoms with Gasteiger partial charge in [-0.2, -0.15) is 0 Å². The third-order valence-corrected chi connectivity index (χ3v) is 4.12. The van der Waals surface area contributed by atoms with Crippen LogP contribution in [0.4, 0.5) is 5.69 Å². The van der Waals surface area contributed by atoms with Crippen LogP contribution in [0.1, 0.15) is 23.0 Å². The summed E-state index contributed by atoms with van der Waals surface area (Å²) in [5.41, 5.74) is 1.51. The molecule has 1 heterocycles. The van der Waals surface area contributed by atoms with E-state index in [9.17, 15) is 9.59 Å². The number of hydrogen-bond acceptors (Lipinski definition) is 3. The maximum Gasteiger partial charge on any atom is 0.230 e. The van der Waals surface area contributed by atoms with E-state index in [2.05, 4.69) is 5.32 Å². The number of carbonyl (C=O) groups is 2. The zero-order valence-electron chi connectivity index (χ0n) is 13.6. The van der Waals surface area contributed by atoms with E-state index in [1.165, 1.54) is 6.92 Å². The Morgan fingerprint density at radius 1 is 0.880 bits per heavy atom. The van der Waals surface area contributed by atoms with Crippen LogP contribution < -0.4 is 5.32 Å². The fourth-order valence-electron chi connectivity index (χ4n) is 3.04. The van der Waals surface area contributed by atoms with Crippen molar-refractivity contribution in [2.24, 2.45) is 0 Å². The normalized spacial score (nSPS) is 10.9. The summed E-state index contributed by atoms with van der Waals surface area (Å²) in [6.07, 6.45) is 0. The number of ketones is 1. The van der Waals surface area contributed by atoms with E-state index in [0.29, 0.717) is 16.8 Å². The van der Waals surface area contributed by atoms with Gasteiger partial charge in [-0.05, 0) is 16.8 Å². The molecule has 0 spiro atoms. The molecular weight excluding hydrogens is 314 g/mol. The highest BCUT2D eigenvalue weighted by Crippen LogP contribution is 2.37. The molecule has 0 unspecified atom stereocenters. The van der Waals surface area contributed by atoms with Crippen molar-refractivity contribution in [1.82, 2.24) is 0 Å². The van der Waals surface area contributed by atoms with Crippen molar-refractivity contribution in [2.75, 3.05) is 5.32 Å². The van der Waals surface area contributed by atoms with Crippen molar-refractivity contribution in [3.8, 4) is 0 Å². The maximum atomic E-state index is 12.9. The molecule has 0 aliphatic heterocycles. The zero-order chi connectivity index (χ0) is 17.4.